The molecule has 2 heterocycles. The van der Waals surface area contributed by atoms with E-state index in [0.717, 1.165) is 18.7 Å². The number of piperidine rings is 1. The second kappa shape index (κ2) is 7.46. The van der Waals surface area contributed by atoms with Crippen molar-refractivity contribution in [1.82, 2.24) is 15.0 Å². The molecule has 1 aliphatic heterocycles. The Balaban J connectivity index is 1.55. The van der Waals surface area contributed by atoms with Crippen molar-refractivity contribution in [2.45, 2.75) is 25.7 Å². The van der Waals surface area contributed by atoms with Crippen molar-refractivity contribution in [3.63, 3.8) is 0 Å². The lowest BCUT2D eigenvalue weighted by molar-refractivity contribution is 0.337. The first-order chi connectivity index (χ1) is 11.2. The van der Waals surface area contributed by atoms with Gasteiger partial charge in [-0.25, -0.2) is 0 Å². The molecule has 0 spiro atoms. The summed E-state index contributed by atoms with van der Waals surface area (Å²) >= 11 is 5.87. The zero-order valence-corrected chi connectivity index (χ0v) is 13.7. The lowest BCUT2D eigenvalue weighted by Crippen LogP contribution is -2.41. The van der Waals surface area contributed by atoms with Crippen molar-refractivity contribution >= 4 is 17.6 Å². The number of guanidine groups is 1. The average molecular weight is 334 g/mol. The van der Waals surface area contributed by atoms with Gasteiger partial charge in [-0.2, -0.15) is 4.98 Å². The molecule has 0 atom stereocenters. The molecule has 0 radical (unpaired) electrons. The summed E-state index contributed by atoms with van der Waals surface area (Å²) < 4.78 is 5.26. The number of hydrogen-bond acceptors (Lipinski definition) is 4. The molecule has 23 heavy (non-hydrogen) atoms. The van der Waals surface area contributed by atoms with Crippen molar-refractivity contribution < 1.29 is 4.52 Å². The fourth-order valence-corrected chi connectivity index (χ4v) is 2.69. The highest BCUT2D eigenvalue weighted by molar-refractivity contribution is 6.30. The molecule has 0 amide bonds. The minimum Gasteiger partial charge on any atom is -0.370 e. The van der Waals surface area contributed by atoms with Gasteiger partial charge in [0.25, 0.3) is 0 Å². The topological polar surface area (TPSA) is 80.5 Å². The highest BCUT2D eigenvalue weighted by Crippen LogP contribution is 2.18. The Morgan fingerprint density at radius 3 is 2.70 bits per heavy atom. The van der Waals surface area contributed by atoms with Gasteiger partial charge in [-0.1, -0.05) is 16.8 Å². The number of rotatable bonds is 4. The molecular weight excluding hydrogens is 314 g/mol. The van der Waals surface area contributed by atoms with E-state index >= 15 is 0 Å². The summed E-state index contributed by atoms with van der Waals surface area (Å²) in [5.74, 6) is 1.73. The molecule has 2 N–H and O–H groups in total. The highest BCUT2D eigenvalue weighted by atomic mass is 35.5. The zero-order chi connectivity index (χ0) is 16.1. The Morgan fingerprint density at radius 1 is 1.22 bits per heavy atom. The van der Waals surface area contributed by atoms with Crippen molar-refractivity contribution in [3.8, 4) is 11.4 Å². The lowest BCUT2D eigenvalue weighted by atomic mass is 10.1. The number of aromatic nitrogens is 2. The molecule has 1 aromatic heterocycles. The van der Waals surface area contributed by atoms with Gasteiger partial charge in [0.2, 0.25) is 11.7 Å². The summed E-state index contributed by atoms with van der Waals surface area (Å²) in [5, 5.41) is 4.66. The molecule has 0 saturated carbocycles. The molecule has 1 fully saturated rings. The third-order valence-corrected chi connectivity index (χ3v) is 4.10. The van der Waals surface area contributed by atoms with Crippen LogP contribution in [0.5, 0.6) is 0 Å². The van der Waals surface area contributed by atoms with Crippen LogP contribution >= 0.6 is 11.6 Å². The van der Waals surface area contributed by atoms with Crippen LogP contribution in [0.3, 0.4) is 0 Å². The Morgan fingerprint density at radius 2 is 1.96 bits per heavy atom. The smallest absolute Gasteiger partial charge is 0.228 e. The summed E-state index contributed by atoms with van der Waals surface area (Å²) in [4.78, 5) is 10.9. The number of aliphatic imine (C=N–C) groups is 1. The van der Waals surface area contributed by atoms with Gasteiger partial charge < -0.3 is 15.2 Å². The molecule has 1 saturated heterocycles. The van der Waals surface area contributed by atoms with Gasteiger partial charge in [-0.05, 0) is 43.5 Å². The summed E-state index contributed by atoms with van der Waals surface area (Å²) in [7, 11) is 0. The van der Waals surface area contributed by atoms with Crippen LogP contribution in [0.1, 0.15) is 25.2 Å². The first kappa shape index (κ1) is 15.8. The maximum absolute atomic E-state index is 6.02. The van der Waals surface area contributed by atoms with Gasteiger partial charge in [0.05, 0.1) is 6.54 Å². The maximum atomic E-state index is 6.02. The normalized spacial score (nSPS) is 15.9. The summed E-state index contributed by atoms with van der Waals surface area (Å²) in [6.07, 6.45) is 4.23. The van der Waals surface area contributed by atoms with Crippen LogP contribution in [0.25, 0.3) is 11.4 Å². The van der Waals surface area contributed by atoms with E-state index in [4.69, 9.17) is 21.9 Å². The summed E-state index contributed by atoms with van der Waals surface area (Å²) in [5.41, 5.74) is 6.90. The molecule has 3 rings (SSSR count). The molecule has 0 unspecified atom stereocenters. The van der Waals surface area contributed by atoms with Gasteiger partial charge >= 0.3 is 0 Å². The number of halogens is 1. The van der Waals surface area contributed by atoms with E-state index in [9.17, 15) is 0 Å². The second-order valence-corrected chi connectivity index (χ2v) is 5.99. The quantitative estimate of drug-likeness (QED) is 0.687. The number of likely N-dealkylation sites (tertiary alicyclic amines) is 1. The average Bonchev–Trinajstić information content (AvgIpc) is 3.05. The van der Waals surface area contributed by atoms with E-state index in [0.29, 0.717) is 35.7 Å². The van der Waals surface area contributed by atoms with E-state index in [-0.39, 0.29) is 0 Å². The first-order valence-electron chi connectivity index (χ1n) is 7.86. The van der Waals surface area contributed by atoms with Crippen molar-refractivity contribution in [2.75, 3.05) is 19.6 Å². The van der Waals surface area contributed by atoms with Crippen molar-refractivity contribution in [1.29, 1.82) is 0 Å². The van der Waals surface area contributed by atoms with Crippen LogP contribution in [0.4, 0.5) is 0 Å². The first-order valence-corrected chi connectivity index (χ1v) is 8.23. The Hall–Kier alpha value is -2.08. The van der Waals surface area contributed by atoms with Crippen LogP contribution in [-0.4, -0.2) is 40.6 Å². The number of hydrogen-bond donors (Lipinski definition) is 1. The van der Waals surface area contributed by atoms with E-state index in [2.05, 4.69) is 20.0 Å². The van der Waals surface area contributed by atoms with Crippen LogP contribution in [-0.2, 0) is 6.42 Å². The van der Waals surface area contributed by atoms with E-state index in [1.165, 1.54) is 19.3 Å². The predicted octanol–water partition coefficient (Wildman–Crippen LogP) is 2.73. The third kappa shape index (κ3) is 4.22. The minimum absolute atomic E-state index is 0.546. The number of nitrogens with two attached hydrogens (primary N) is 1. The molecule has 7 heteroatoms. The largest absolute Gasteiger partial charge is 0.370 e. The molecule has 1 aromatic carbocycles. The molecule has 1 aliphatic rings. The summed E-state index contributed by atoms with van der Waals surface area (Å²) in [6.45, 7) is 2.54. The van der Waals surface area contributed by atoms with Crippen LogP contribution in [0, 0.1) is 0 Å². The standard InChI is InChI=1S/C16H20ClN5O/c17-13-6-4-12(5-7-13)15-20-14(23-21-15)8-9-19-16(18)22-10-2-1-3-11-22/h4-7H,1-3,8-11H2,(H2,18,19). The highest BCUT2D eigenvalue weighted by Gasteiger charge is 2.12. The van der Waals surface area contributed by atoms with Crippen molar-refractivity contribution in [3.05, 3.63) is 35.2 Å². The van der Waals surface area contributed by atoms with Gasteiger partial charge in [0, 0.05) is 30.1 Å². The van der Waals surface area contributed by atoms with Crippen LogP contribution in [0.2, 0.25) is 5.02 Å². The SMILES string of the molecule is NC(=NCCc1nc(-c2ccc(Cl)cc2)no1)N1CCCCC1. The zero-order valence-electron chi connectivity index (χ0n) is 12.9. The van der Waals surface area contributed by atoms with E-state index in [1.54, 1.807) is 12.1 Å². The third-order valence-electron chi connectivity index (χ3n) is 3.85. The fraction of sp³-hybridized carbons (Fsp3) is 0.438. The Labute approximate surface area is 140 Å². The fourth-order valence-electron chi connectivity index (χ4n) is 2.56. The number of benzene rings is 1. The van der Waals surface area contributed by atoms with Gasteiger partial charge in [-0.15, -0.1) is 0 Å². The summed E-state index contributed by atoms with van der Waals surface area (Å²) in [6, 6.07) is 7.33. The molecule has 0 aliphatic carbocycles. The Kier molecular flexibility index (Phi) is 5.12. The molecule has 122 valence electrons. The molecule has 6 nitrogen and oxygen atoms in total. The van der Waals surface area contributed by atoms with E-state index in [1.807, 2.05) is 12.1 Å². The molecule has 2 aromatic rings. The van der Waals surface area contributed by atoms with Gasteiger partial charge in [-0.3, -0.25) is 4.99 Å². The van der Waals surface area contributed by atoms with E-state index < -0.39 is 0 Å². The van der Waals surface area contributed by atoms with Crippen molar-refractivity contribution in [2.24, 2.45) is 10.7 Å². The monoisotopic (exact) mass is 333 g/mol. The maximum Gasteiger partial charge on any atom is 0.228 e. The number of nitrogens with zero attached hydrogens (tertiary/aromatic N) is 4. The lowest BCUT2D eigenvalue weighted by Gasteiger charge is -2.27. The Bertz CT molecular complexity index is 661. The predicted molar refractivity (Wildman–Crippen MR) is 90.4 cm³/mol. The molecule has 0 bridgehead atoms. The molecular formula is C16H20ClN5O. The van der Waals surface area contributed by atoms with Gasteiger partial charge in [0.15, 0.2) is 5.96 Å². The van der Waals surface area contributed by atoms with Crippen LogP contribution < -0.4 is 5.73 Å². The van der Waals surface area contributed by atoms with Gasteiger partial charge in [0.1, 0.15) is 0 Å². The van der Waals surface area contributed by atoms with Crippen LogP contribution in [0.15, 0.2) is 33.8 Å². The minimum atomic E-state index is 0.546. The second-order valence-electron chi connectivity index (χ2n) is 5.56.